The Morgan fingerprint density at radius 1 is 1.47 bits per heavy atom. The van der Waals surface area contributed by atoms with Crippen molar-refractivity contribution in [3.63, 3.8) is 0 Å². The molecule has 0 saturated carbocycles. The molecule has 1 heterocycles. The fraction of sp³-hybridized carbons (Fsp3) is 0.900. The Morgan fingerprint density at radius 3 is 2.87 bits per heavy atom. The molecule has 1 atom stereocenters. The lowest BCUT2D eigenvalue weighted by atomic mass is 10.2. The highest BCUT2D eigenvalue weighted by atomic mass is 16.1. The molecular weight excluding hydrogens is 192 g/mol. The molecule has 1 aliphatic heterocycles. The number of primary amides is 1. The lowest BCUT2D eigenvalue weighted by molar-refractivity contribution is -0.117. The molecule has 0 aromatic heterocycles. The topological polar surface area (TPSA) is 61.6 Å². The highest BCUT2D eigenvalue weighted by Gasteiger charge is 2.21. The molecule has 5 heteroatoms. The van der Waals surface area contributed by atoms with Gasteiger partial charge in [-0.05, 0) is 14.1 Å². The van der Waals surface area contributed by atoms with Crippen molar-refractivity contribution in [1.29, 1.82) is 0 Å². The van der Waals surface area contributed by atoms with Gasteiger partial charge in [0, 0.05) is 45.2 Å². The number of hydrogen-bond donors (Lipinski definition) is 2. The predicted octanol–water partition coefficient (Wildman–Crippen LogP) is -1.30. The Morgan fingerprint density at radius 2 is 2.20 bits per heavy atom. The summed E-state index contributed by atoms with van der Waals surface area (Å²) < 4.78 is 0. The SMILES string of the molecule is CN1CCN(C)C(CNCCC(N)=O)C1. The summed E-state index contributed by atoms with van der Waals surface area (Å²) in [6, 6.07) is 0.539. The van der Waals surface area contributed by atoms with Crippen LogP contribution in [-0.4, -0.2) is 68.6 Å². The fourth-order valence-electron chi connectivity index (χ4n) is 1.80. The van der Waals surface area contributed by atoms with Crippen molar-refractivity contribution in [2.75, 3.05) is 46.8 Å². The van der Waals surface area contributed by atoms with Gasteiger partial charge in [0.15, 0.2) is 0 Å². The summed E-state index contributed by atoms with van der Waals surface area (Å²) in [4.78, 5) is 15.2. The van der Waals surface area contributed by atoms with Gasteiger partial charge >= 0.3 is 0 Å². The molecule has 0 aromatic rings. The van der Waals surface area contributed by atoms with Crippen molar-refractivity contribution in [3.05, 3.63) is 0 Å². The third-order valence-electron chi connectivity index (χ3n) is 2.91. The Labute approximate surface area is 91.6 Å². The van der Waals surface area contributed by atoms with Crippen LogP contribution in [0.1, 0.15) is 6.42 Å². The van der Waals surface area contributed by atoms with Crippen molar-refractivity contribution < 1.29 is 4.79 Å². The van der Waals surface area contributed by atoms with Crippen LogP contribution in [0.4, 0.5) is 0 Å². The molecule has 0 aromatic carbocycles. The normalized spacial score (nSPS) is 24.3. The van der Waals surface area contributed by atoms with Crippen LogP contribution in [0, 0.1) is 0 Å². The molecular formula is C10H22N4O. The Hall–Kier alpha value is -0.650. The van der Waals surface area contributed by atoms with Gasteiger partial charge in [0.25, 0.3) is 0 Å². The van der Waals surface area contributed by atoms with E-state index in [0.717, 1.165) is 26.2 Å². The van der Waals surface area contributed by atoms with E-state index in [2.05, 4.69) is 29.2 Å². The summed E-state index contributed by atoms with van der Waals surface area (Å²) in [5.41, 5.74) is 5.06. The largest absolute Gasteiger partial charge is 0.370 e. The van der Waals surface area contributed by atoms with Crippen molar-refractivity contribution in [1.82, 2.24) is 15.1 Å². The van der Waals surface area contributed by atoms with Gasteiger partial charge in [-0.1, -0.05) is 0 Å². The van der Waals surface area contributed by atoms with E-state index in [9.17, 15) is 4.79 Å². The molecule has 15 heavy (non-hydrogen) atoms. The first-order valence-corrected chi connectivity index (χ1v) is 5.47. The molecule has 1 unspecified atom stereocenters. The standard InChI is InChI=1S/C10H22N4O/c1-13-5-6-14(2)9(8-13)7-12-4-3-10(11)15/h9,12H,3-8H2,1-2H3,(H2,11,15). The number of hydrogen-bond acceptors (Lipinski definition) is 4. The third kappa shape index (κ3) is 4.59. The zero-order valence-electron chi connectivity index (χ0n) is 9.70. The number of piperazine rings is 1. The summed E-state index contributed by atoms with van der Waals surface area (Å²) >= 11 is 0. The van der Waals surface area contributed by atoms with E-state index in [-0.39, 0.29) is 5.91 Å². The quantitative estimate of drug-likeness (QED) is 0.558. The van der Waals surface area contributed by atoms with Crippen LogP contribution in [-0.2, 0) is 4.79 Å². The molecule has 1 fully saturated rings. The van der Waals surface area contributed by atoms with E-state index >= 15 is 0 Å². The Balaban J connectivity index is 2.16. The monoisotopic (exact) mass is 214 g/mol. The third-order valence-corrected chi connectivity index (χ3v) is 2.91. The van der Waals surface area contributed by atoms with Gasteiger partial charge in [0.1, 0.15) is 0 Å². The average molecular weight is 214 g/mol. The van der Waals surface area contributed by atoms with Crippen LogP contribution in [0.2, 0.25) is 0 Å². The van der Waals surface area contributed by atoms with Gasteiger partial charge < -0.3 is 16.0 Å². The number of nitrogens with zero attached hydrogens (tertiary/aromatic N) is 2. The highest BCUT2D eigenvalue weighted by Crippen LogP contribution is 2.04. The zero-order valence-corrected chi connectivity index (χ0v) is 9.70. The minimum absolute atomic E-state index is 0.239. The molecule has 5 nitrogen and oxygen atoms in total. The first kappa shape index (κ1) is 12.4. The first-order chi connectivity index (χ1) is 7.09. The maximum absolute atomic E-state index is 10.5. The number of likely N-dealkylation sites (N-methyl/N-ethyl adjacent to an activating group) is 2. The first-order valence-electron chi connectivity index (χ1n) is 5.47. The van der Waals surface area contributed by atoms with E-state index < -0.39 is 0 Å². The number of nitrogens with two attached hydrogens (primary N) is 1. The molecule has 1 rings (SSSR count). The van der Waals surface area contributed by atoms with E-state index in [1.807, 2.05) is 0 Å². The maximum Gasteiger partial charge on any atom is 0.218 e. The van der Waals surface area contributed by atoms with Crippen LogP contribution in [0.3, 0.4) is 0 Å². The minimum Gasteiger partial charge on any atom is -0.370 e. The maximum atomic E-state index is 10.5. The predicted molar refractivity (Wildman–Crippen MR) is 60.6 cm³/mol. The molecule has 0 bridgehead atoms. The number of nitrogens with one attached hydrogen (secondary N) is 1. The fourth-order valence-corrected chi connectivity index (χ4v) is 1.80. The molecule has 1 amide bonds. The smallest absolute Gasteiger partial charge is 0.218 e. The number of rotatable bonds is 5. The van der Waals surface area contributed by atoms with E-state index in [4.69, 9.17) is 5.73 Å². The molecule has 0 radical (unpaired) electrons. The highest BCUT2D eigenvalue weighted by molar-refractivity contribution is 5.73. The second-order valence-electron chi connectivity index (χ2n) is 4.32. The van der Waals surface area contributed by atoms with Gasteiger partial charge in [-0.15, -0.1) is 0 Å². The van der Waals surface area contributed by atoms with Crippen LogP contribution in [0.5, 0.6) is 0 Å². The van der Waals surface area contributed by atoms with Gasteiger partial charge in [-0.3, -0.25) is 9.69 Å². The molecule has 0 aliphatic carbocycles. The van der Waals surface area contributed by atoms with Gasteiger partial charge in [-0.2, -0.15) is 0 Å². The second kappa shape index (κ2) is 6.05. The number of carbonyl (C=O) groups excluding carboxylic acids is 1. The second-order valence-corrected chi connectivity index (χ2v) is 4.32. The molecule has 3 N–H and O–H groups in total. The molecule has 88 valence electrons. The van der Waals surface area contributed by atoms with Crippen LogP contribution in [0.25, 0.3) is 0 Å². The van der Waals surface area contributed by atoms with Crippen LogP contribution >= 0.6 is 0 Å². The van der Waals surface area contributed by atoms with Crippen molar-refractivity contribution in [3.8, 4) is 0 Å². The minimum atomic E-state index is -0.239. The summed E-state index contributed by atoms with van der Waals surface area (Å²) in [5, 5.41) is 3.27. The van der Waals surface area contributed by atoms with E-state index in [1.165, 1.54) is 0 Å². The van der Waals surface area contributed by atoms with Crippen molar-refractivity contribution in [2.45, 2.75) is 12.5 Å². The molecule has 1 saturated heterocycles. The van der Waals surface area contributed by atoms with E-state index in [0.29, 0.717) is 19.0 Å². The van der Waals surface area contributed by atoms with Crippen molar-refractivity contribution in [2.24, 2.45) is 5.73 Å². The molecule has 1 aliphatic rings. The van der Waals surface area contributed by atoms with Crippen LogP contribution in [0.15, 0.2) is 0 Å². The van der Waals surface area contributed by atoms with Gasteiger partial charge in [0.2, 0.25) is 5.91 Å². The average Bonchev–Trinajstić information content (AvgIpc) is 2.17. The number of amides is 1. The lowest BCUT2D eigenvalue weighted by Crippen LogP contribution is -2.53. The summed E-state index contributed by atoms with van der Waals surface area (Å²) in [7, 11) is 4.29. The summed E-state index contributed by atoms with van der Waals surface area (Å²) in [6.07, 6.45) is 0.423. The zero-order chi connectivity index (χ0) is 11.3. The van der Waals surface area contributed by atoms with Crippen molar-refractivity contribution >= 4 is 5.91 Å². The summed E-state index contributed by atoms with van der Waals surface area (Å²) in [5.74, 6) is -0.239. The van der Waals surface area contributed by atoms with Gasteiger partial charge in [-0.25, -0.2) is 0 Å². The summed E-state index contributed by atoms with van der Waals surface area (Å²) in [6.45, 7) is 4.94. The Bertz CT molecular complexity index is 210. The van der Waals surface area contributed by atoms with Crippen LogP contribution < -0.4 is 11.1 Å². The number of carbonyl (C=O) groups is 1. The van der Waals surface area contributed by atoms with E-state index in [1.54, 1.807) is 0 Å². The lowest BCUT2D eigenvalue weighted by Gasteiger charge is -2.37. The van der Waals surface area contributed by atoms with Gasteiger partial charge in [0.05, 0.1) is 0 Å². The Kier molecular flexibility index (Phi) is 5.01. The molecule has 0 spiro atoms.